The second-order valence-corrected chi connectivity index (χ2v) is 6.29. The molecule has 0 atom stereocenters. The number of carbonyl (C=O) groups excluding carboxylic acids is 1. The third-order valence-corrected chi connectivity index (χ3v) is 4.06. The summed E-state index contributed by atoms with van der Waals surface area (Å²) in [5.41, 5.74) is 2.79. The third-order valence-electron chi connectivity index (χ3n) is 3.73. The van der Waals surface area contributed by atoms with E-state index < -0.39 is 0 Å². The molecule has 0 bridgehead atoms. The zero-order chi connectivity index (χ0) is 19.2. The van der Waals surface area contributed by atoms with Crippen LogP contribution in [0.5, 0.6) is 0 Å². The summed E-state index contributed by atoms with van der Waals surface area (Å²) < 4.78 is 0. The Morgan fingerprint density at radius 3 is 2.44 bits per heavy atom. The van der Waals surface area contributed by atoms with Crippen LogP contribution in [0.3, 0.4) is 0 Å². The molecule has 0 radical (unpaired) electrons. The fraction of sp³-hybridized carbons (Fsp3) is 0.150. The maximum absolute atomic E-state index is 12.3. The van der Waals surface area contributed by atoms with Crippen LogP contribution < -0.4 is 16.0 Å². The molecular formula is C20H20ClN5O. The van der Waals surface area contributed by atoms with E-state index in [2.05, 4.69) is 25.9 Å². The van der Waals surface area contributed by atoms with Crippen LogP contribution in [0.2, 0.25) is 5.02 Å². The van der Waals surface area contributed by atoms with Crippen LogP contribution in [0.1, 0.15) is 23.0 Å². The van der Waals surface area contributed by atoms with Gasteiger partial charge in [0.05, 0.1) is 10.6 Å². The Bertz CT molecular complexity index is 943. The molecule has 3 aromatic rings. The fourth-order valence-corrected chi connectivity index (χ4v) is 2.73. The molecule has 7 heteroatoms. The monoisotopic (exact) mass is 381 g/mol. The molecule has 0 spiro atoms. The Kier molecular flexibility index (Phi) is 5.88. The first-order valence-corrected chi connectivity index (χ1v) is 8.95. The number of anilines is 4. The third kappa shape index (κ3) is 4.95. The van der Waals surface area contributed by atoms with Gasteiger partial charge in [0.2, 0.25) is 5.95 Å². The van der Waals surface area contributed by atoms with Crippen molar-refractivity contribution in [3.63, 3.8) is 0 Å². The molecule has 3 N–H and O–H groups in total. The summed E-state index contributed by atoms with van der Waals surface area (Å²) in [6, 6.07) is 16.1. The molecule has 0 saturated carbocycles. The standard InChI is InChI=1S/C20H20ClN5O/c1-3-22-18-12-13(2)23-20(26-18)25-15-10-8-14(9-11-15)24-19(27)16-6-4-5-7-17(16)21/h4-12H,3H2,1-2H3,(H,24,27)(H2,22,23,25,26). The molecule has 0 saturated heterocycles. The number of aryl methyl sites for hydroxylation is 1. The minimum absolute atomic E-state index is 0.251. The Labute approximate surface area is 163 Å². The van der Waals surface area contributed by atoms with Crippen molar-refractivity contribution in [3.8, 4) is 0 Å². The number of nitrogens with zero attached hydrogens (tertiary/aromatic N) is 2. The number of benzene rings is 2. The van der Waals surface area contributed by atoms with E-state index in [0.717, 1.165) is 23.7 Å². The van der Waals surface area contributed by atoms with E-state index in [1.54, 1.807) is 36.4 Å². The van der Waals surface area contributed by atoms with Crippen LogP contribution in [0, 0.1) is 6.92 Å². The smallest absolute Gasteiger partial charge is 0.257 e. The van der Waals surface area contributed by atoms with Gasteiger partial charge < -0.3 is 16.0 Å². The van der Waals surface area contributed by atoms with E-state index >= 15 is 0 Å². The average Bonchev–Trinajstić information content (AvgIpc) is 2.63. The lowest BCUT2D eigenvalue weighted by molar-refractivity contribution is 0.102. The number of hydrogen-bond donors (Lipinski definition) is 3. The highest BCUT2D eigenvalue weighted by molar-refractivity contribution is 6.34. The first-order valence-electron chi connectivity index (χ1n) is 8.57. The van der Waals surface area contributed by atoms with Crippen molar-refractivity contribution in [3.05, 3.63) is 70.9 Å². The van der Waals surface area contributed by atoms with E-state index in [-0.39, 0.29) is 5.91 Å². The van der Waals surface area contributed by atoms with Crippen molar-refractivity contribution < 1.29 is 4.79 Å². The molecule has 1 amide bonds. The van der Waals surface area contributed by atoms with Crippen molar-refractivity contribution in [2.45, 2.75) is 13.8 Å². The van der Waals surface area contributed by atoms with Gasteiger partial charge >= 0.3 is 0 Å². The van der Waals surface area contributed by atoms with Crippen LogP contribution in [0.15, 0.2) is 54.6 Å². The average molecular weight is 382 g/mol. The second kappa shape index (κ2) is 8.51. The van der Waals surface area contributed by atoms with E-state index in [1.807, 2.05) is 32.0 Å². The second-order valence-electron chi connectivity index (χ2n) is 5.88. The highest BCUT2D eigenvalue weighted by atomic mass is 35.5. The van der Waals surface area contributed by atoms with Gasteiger partial charge in [0, 0.05) is 29.7 Å². The first-order chi connectivity index (χ1) is 13.0. The van der Waals surface area contributed by atoms with Crippen molar-refractivity contribution in [2.24, 2.45) is 0 Å². The first kappa shape index (κ1) is 18.7. The summed E-state index contributed by atoms with van der Waals surface area (Å²) in [4.78, 5) is 21.1. The zero-order valence-electron chi connectivity index (χ0n) is 15.1. The number of amides is 1. The molecule has 6 nitrogen and oxygen atoms in total. The Balaban J connectivity index is 1.69. The van der Waals surface area contributed by atoms with E-state index in [1.165, 1.54) is 0 Å². The lowest BCUT2D eigenvalue weighted by Gasteiger charge is -2.10. The van der Waals surface area contributed by atoms with E-state index in [4.69, 9.17) is 11.6 Å². The molecular weight excluding hydrogens is 362 g/mol. The molecule has 0 unspecified atom stereocenters. The molecule has 0 aliphatic rings. The molecule has 0 fully saturated rings. The van der Waals surface area contributed by atoms with E-state index in [9.17, 15) is 4.79 Å². The van der Waals surface area contributed by atoms with Gasteiger partial charge in [-0.2, -0.15) is 4.98 Å². The number of carbonyl (C=O) groups is 1. The topological polar surface area (TPSA) is 78.9 Å². The van der Waals surface area contributed by atoms with Gasteiger partial charge in [0.15, 0.2) is 0 Å². The minimum Gasteiger partial charge on any atom is -0.370 e. The number of rotatable bonds is 6. The Morgan fingerprint density at radius 2 is 1.74 bits per heavy atom. The quantitative estimate of drug-likeness (QED) is 0.568. The molecule has 0 aliphatic heterocycles. The predicted molar refractivity (Wildman–Crippen MR) is 110 cm³/mol. The zero-order valence-corrected chi connectivity index (χ0v) is 15.8. The number of nitrogens with one attached hydrogen (secondary N) is 3. The number of hydrogen-bond acceptors (Lipinski definition) is 5. The van der Waals surface area contributed by atoms with Crippen molar-refractivity contribution in [1.82, 2.24) is 9.97 Å². The largest absolute Gasteiger partial charge is 0.370 e. The molecule has 1 heterocycles. The summed E-state index contributed by atoms with van der Waals surface area (Å²) in [5.74, 6) is 1.04. The lowest BCUT2D eigenvalue weighted by atomic mass is 10.2. The molecule has 138 valence electrons. The van der Waals surface area contributed by atoms with Crippen molar-refractivity contribution in [2.75, 3.05) is 22.5 Å². The Hall–Kier alpha value is -3.12. The van der Waals surface area contributed by atoms with Gasteiger partial charge in [-0.3, -0.25) is 4.79 Å². The van der Waals surface area contributed by atoms with Gasteiger partial charge in [-0.05, 0) is 50.2 Å². The van der Waals surface area contributed by atoms with Crippen LogP contribution in [0.25, 0.3) is 0 Å². The summed E-state index contributed by atoms with van der Waals surface area (Å²) in [6.45, 7) is 4.72. The summed E-state index contributed by atoms with van der Waals surface area (Å²) >= 11 is 6.06. The van der Waals surface area contributed by atoms with Crippen LogP contribution in [0.4, 0.5) is 23.1 Å². The Morgan fingerprint density at radius 1 is 1.04 bits per heavy atom. The minimum atomic E-state index is -0.251. The summed E-state index contributed by atoms with van der Waals surface area (Å²) in [7, 11) is 0. The predicted octanol–water partition coefficient (Wildman–Crippen LogP) is 4.87. The fourth-order valence-electron chi connectivity index (χ4n) is 2.51. The van der Waals surface area contributed by atoms with Gasteiger partial charge in [0.1, 0.15) is 5.82 Å². The molecule has 0 aliphatic carbocycles. The summed E-state index contributed by atoms with van der Waals surface area (Å²) in [6.07, 6.45) is 0. The normalized spacial score (nSPS) is 10.3. The van der Waals surface area contributed by atoms with Gasteiger partial charge in [-0.25, -0.2) is 4.98 Å². The van der Waals surface area contributed by atoms with Gasteiger partial charge in [0.25, 0.3) is 5.91 Å². The van der Waals surface area contributed by atoms with E-state index in [0.29, 0.717) is 22.2 Å². The van der Waals surface area contributed by atoms with Crippen LogP contribution >= 0.6 is 11.6 Å². The van der Waals surface area contributed by atoms with Crippen LogP contribution in [-0.4, -0.2) is 22.4 Å². The maximum Gasteiger partial charge on any atom is 0.257 e. The SMILES string of the molecule is CCNc1cc(C)nc(Nc2ccc(NC(=O)c3ccccc3Cl)cc2)n1. The van der Waals surface area contributed by atoms with Crippen molar-refractivity contribution in [1.29, 1.82) is 0 Å². The summed E-state index contributed by atoms with van der Waals surface area (Å²) in [5, 5.41) is 9.60. The molecule has 3 rings (SSSR count). The highest BCUT2D eigenvalue weighted by Crippen LogP contribution is 2.20. The van der Waals surface area contributed by atoms with Gasteiger partial charge in [-0.15, -0.1) is 0 Å². The highest BCUT2D eigenvalue weighted by Gasteiger charge is 2.10. The molecule has 2 aromatic carbocycles. The number of halogens is 1. The number of aromatic nitrogens is 2. The van der Waals surface area contributed by atoms with Crippen molar-refractivity contribution >= 4 is 40.6 Å². The van der Waals surface area contributed by atoms with Crippen LogP contribution in [-0.2, 0) is 0 Å². The lowest BCUT2D eigenvalue weighted by Crippen LogP contribution is -2.12. The maximum atomic E-state index is 12.3. The van der Waals surface area contributed by atoms with Gasteiger partial charge in [-0.1, -0.05) is 23.7 Å². The molecule has 27 heavy (non-hydrogen) atoms. The molecule has 1 aromatic heterocycles.